The Morgan fingerprint density at radius 2 is 1.60 bits per heavy atom. The first-order valence-corrected chi connectivity index (χ1v) is 10.2. The van der Waals surface area contributed by atoms with Gasteiger partial charge < -0.3 is 10.4 Å². The molecule has 2 N–H and O–H groups in total. The number of nitrogens with one attached hydrogen (secondary N) is 1. The molecule has 0 aromatic heterocycles. The molecule has 136 valence electrons. The summed E-state index contributed by atoms with van der Waals surface area (Å²) in [5, 5.41) is 13.1. The number of amides is 1. The molecule has 0 saturated heterocycles. The number of hydrogen-bond acceptors (Lipinski definition) is 2. The lowest BCUT2D eigenvalue weighted by Gasteiger charge is -2.57. The Bertz CT molecular complexity index is 604. The first kappa shape index (κ1) is 15.9. The molecule has 0 aromatic rings. The number of carbonyl (C=O) groups excluding carboxylic acids is 1. The van der Waals surface area contributed by atoms with Gasteiger partial charge in [0.15, 0.2) is 5.41 Å². The van der Waals surface area contributed by atoms with E-state index >= 15 is 0 Å². The largest absolute Gasteiger partial charge is 0.480 e. The van der Waals surface area contributed by atoms with E-state index in [0.717, 1.165) is 30.6 Å². The van der Waals surface area contributed by atoms with Gasteiger partial charge in [-0.05, 0) is 86.9 Å². The Hall–Kier alpha value is -1.32. The standard InChI is InChI=1S/C21H29NO3/c23-18(21(19(24)25)11-13-1-3-17(21)4-2-13)22-12-20-8-14-5-15(9-20)7-16(6-14)10-20/h1,3,13-17H,2,4-12H2,(H,22,23)(H,24,25)/t13-,14?,15?,16?,17?,20?,21+/m0/s1. The number of carboxylic acid groups (broad SMARTS) is 1. The molecule has 7 rings (SSSR count). The van der Waals surface area contributed by atoms with Gasteiger partial charge in [0.2, 0.25) is 5.91 Å². The Labute approximate surface area is 149 Å². The van der Waals surface area contributed by atoms with E-state index < -0.39 is 11.4 Å². The SMILES string of the molecule is O=C(O)[C@]1(C(=O)NCC23CC4CC(CC(C4)C2)C3)C[C@H]2C=CC1CC2. The molecule has 6 bridgehead atoms. The van der Waals surface area contributed by atoms with Crippen LogP contribution < -0.4 is 5.32 Å². The highest BCUT2D eigenvalue weighted by atomic mass is 16.4. The van der Waals surface area contributed by atoms with Crippen LogP contribution in [0, 0.1) is 40.4 Å². The van der Waals surface area contributed by atoms with Crippen molar-refractivity contribution in [2.24, 2.45) is 40.4 Å². The van der Waals surface area contributed by atoms with Gasteiger partial charge in [0.1, 0.15) is 0 Å². The van der Waals surface area contributed by atoms with Crippen LogP contribution in [-0.4, -0.2) is 23.5 Å². The molecule has 7 aliphatic carbocycles. The molecule has 7 aliphatic rings. The zero-order valence-corrected chi connectivity index (χ0v) is 14.9. The van der Waals surface area contributed by atoms with Crippen molar-refractivity contribution in [1.29, 1.82) is 0 Å². The second-order valence-electron chi connectivity index (χ2n) is 9.91. The summed E-state index contributed by atoms with van der Waals surface area (Å²) in [6.07, 6.45) is 14.4. The fourth-order valence-corrected chi connectivity index (χ4v) is 7.56. The van der Waals surface area contributed by atoms with Gasteiger partial charge in [0.25, 0.3) is 0 Å². The summed E-state index contributed by atoms with van der Waals surface area (Å²) in [5.41, 5.74) is -0.965. The van der Waals surface area contributed by atoms with Gasteiger partial charge in [0, 0.05) is 12.5 Å². The van der Waals surface area contributed by atoms with Gasteiger partial charge in [0.05, 0.1) is 0 Å². The third-order valence-corrected chi connectivity index (χ3v) is 8.26. The summed E-state index contributed by atoms with van der Waals surface area (Å²) >= 11 is 0. The number of carboxylic acids is 1. The zero-order valence-electron chi connectivity index (χ0n) is 14.9. The lowest BCUT2D eigenvalue weighted by molar-refractivity contribution is -0.163. The van der Waals surface area contributed by atoms with Gasteiger partial charge in [-0.3, -0.25) is 9.59 Å². The molecule has 0 radical (unpaired) electrons. The van der Waals surface area contributed by atoms with Crippen molar-refractivity contribution in [2.45, 2.75) is 57.8 Å². The van der Waals surface area contributed by atoms with Crippen LogP contribution in [0.2, 0.25) is 0 Å². The number of carbonyl (C=O) groups is 2. The van der Waals surface area contributed by atoms with Crippen molar-refractivity contribution in [3.05, 3.63) is 12.2 Å². The highest BCUT2D eigenvalue weighted by Crippen LogP contribution is 2.60. The first-order chi connectivity index (χ1) is 12.0. The molecule has 0 aliphatic heterocycles. The van der Waals surface area contributed by atoms with Gasteiger partial charge in [-0.15, -0.1) is 0 Å². The number of rotatable bonds is 4. The Balaban J connectivity index is 1.33. The van der Waals surface area contributed by atoms with E-state index in [2.05, 4.69) is 11.4 Å². The van der Waals surface area contributed by atoms with Crippen LogP contribution in [0.5, 0.6) is 0 Å². The van der Waals surface area contributed by atoms with Crippen LogP contribution in [0.3, 0.4) is 0 Å². The first-order valence-electron chi connectivity index (χ1n) is 10.2. The van der Waals surface area contributed by atoms with E-state index in [1.54, 1.807) is 0 Å². The predicted octanol–water partition coefficient (Wildman–Crippen LogP) is 3.38. The maximum atomic E-state index is 13.1. The molecule has 1 amide bonds. The third kappa shape index (κ3) is 2.32. The van der Waals surface area contributed by atoms with Crippen LogP contribution in [0.25, 0.3) is 0 Å². The van der Waals surface area contributed by atoms with Crippen LogP contribution in [0.15, 0.2) is 12.2 Å². The fraction of sp³-hybridized carbons (Fsp3) is 0.810. The minimum absolute atomic E-state index is 0.133. The molecule has 5 saturated carbocycles. The van der Waals surface area contributed by atoms with E-state index in [0.29, 0.717) is 13.0 Å². The van der Waals surface area contributed by atoms with Crippen molar-refractivity contribution < 1.29 is 14.7 Å². The summed E-state index contributed by atoms with van der Waals surface area (Å²) in [6.45, 7) is 0.700. The van der Waals surface area contributed by atoms with Crippen molar-refractivity contribution in [3.8, 4) is 0 Å². The summed E-state index contributed by atoms with van der Waals surface area (Å²) in [6, 6.07) is 0. The third-order valence-electron chi connectivity index (χ3n) is 8.26. The van der Waals surface area contributed by atoms with E-state index in [4.69, 9.17) is 0 Å². The molecule has 0 aromatic carbocycles. The fourth-order valence-electron chi connectivity index (χ4n) is 7.56. The number of allylic oxidation sites excluding steroid dienone is 2. The maximum Gasteiger partial charge on any atom is 0.319 e. The molecule has 4 heteroatoms. The van der Waals surface area contributed by atoms with Crippen molar-refractivity contribution in [2.75, 3.05) is 6.54 Å². The van der Waals surface area contributed by atoms with Crippen LogP contribution in [-0.2, 0) is 9.59 Å². The molecule has 4 nitrogen and oxygen atoms in total. The average molecular weight is 343 g/mol. The van der Waals surface area contributed by atoms with Crippen molar-refractivity contribution in [1.82, 2.24) is 5.32 Å². The van der Waals surface area contributed by atoms with Crippen molar-refractivity contribution in [3.63, 3.8) is 0 Å². The lowest BCUT2D eigenvalue weighted by atomic mass is 9.49. The maximum absolute atomic E-state index is 13.1. The summed E-state index contributed by atoms with van der Waals surface area (Å²) in [5.74, 6) is 1.54. The van der Waals surface area contributed by atoms with E-state index in [1.807, 2.05) is 6.08 Å². The molecule has 0 heterocycles. The van der Waals surface area contributed by atoms with E-state index in [-0.39, 0.29) is 23.2 Å². The molecule has 5 fully saturated rings. The number of hydrogen-bond donors (Lipinski definition) is 2. The topological polar surface area (TPSA) is 66.4 Å². The van der Waals surface area contributed by atoms with E-state index in [9.17, 15) is 14.7 Å². The monoisotopic (exact) mass is 343 g/mol. The zero-order chi connectivity index (χ0) is 17.2. The minimum atomic E-state index is -1.22. The second kappa shape index (κ2) is 5.34. The van der Waals surface area contributed by atoms with Crippen LogP contribution in [0.4, 0.5) is 0 Å². The highest BCUT2D eigenvalue weighted by molar-refractivity contribution is 6.03. The molecular weight excluding hydrogens is 314 g/mol. The Morgan fingerprint density at radius 1 is 0.960 bits per heavy atom. The molecule has 3 atom stereocenters. The van der Waals surface area contributed by atoms with Crippen molar-refractivity contribution >= 4 is 11.9 Å². The summed E-state index contributed by atoms with van der Waals surface area (Å²) in [4.78, 5) is 25.3. The lowest BCUT2D eigenvalue weighted by Crippen LogP contribution is -2.58. The van der Waals surface area contributed by atoms with Crippen LogP contribution >= 0.6 is 0 Å². The molecule has 1 unspecified atom stereocenters. The second-order valence-corrected chi connectivity index (χ2v) is 9.91. The highest BCUT2D eigenvalue weighted by Gasteiger charge is 2.57. The van der Waals surface area contributed by atoms with Gasteiger partial charge >= 0.3 is 5.97 Å². The van der Waals surface area contributed by atoms with Gasteiger partial charge in [-0.2, -0.15) is 0 Å². The summed E-state index contributed by atoms with van der Waals surface area (Å²) in [7, 11) is 0. The summed E-state index contributed by atoms with van der Waals surface area (Å²) < 4.78 is 0. The molecule has 25 heavy (non-hydrogen) atoms. The van der Waals surface area contributed by atoms with Gasteiger partial charge in [-0.25, -0.2) is 0 Å². The quantitative estimate of drug-likeness (QED) is 0.607. The van der Waals surface area contributed by atoms with Gasteiger partial charge in [-0.1, -0.05) is 12.2 Å². The Morgan fingerprint density at radius 3 is 2.04 bits per heavy atom. The average Bonchev–Trinajstić information content (AvgIpc) is 2.59. The van der Waals surface area contributed by atoms with E-state index in [1.165, 1.54) is 38.5 Å². The Kier molecular flexibility index (Phi) is 3.40. The van der Waals surface area contributed by atoms with Crippen LogP contribution in [0.1, 0.15) is 57.8 Å². The minimum Gasteiger partial charge on any atom is -0.480 e. The predicted molar refractivity (Wildman–Crippen MR) is 93.7 cm³/mol. The number of fused-ring (bicyclic) bond motifs is 2. The molecular formula is C21H29NO3. The molecule has 0 spiro atoms. The normalized spacial score (nSPS) is 49.4. The smallest absolute Gasteiger partial charge is 0.319 e. The number of aliphatic carboxylic acids is 1.